The predicted octanol–water partition coefficient (Wildman–Crippen LogP) is 0.233. The summed E-state index contributed by atoms with van der Waals surface area (Å²) in [5, 5.41) is 41.0. The lowest BCUT2D eigenvalue weighted by atomic mass is 9.66. The number of hydrogen-bond donors (Lipinski definition) is 4. The molecule has 4 aliphatic rings. The maximum atomic E-state index is 13.4. The fourth-order valence-corrected chi connectivity index (χ4v) is 6.29. The topological polar surface area (TPSA) is 172 Å². The lowest BCUT2D eigenvalue weighted by Crippen LogP contribution is -2.59. The van der Waals surface area contributed by atoms with E-state index in [1.807, 2.05) is 0 Å². The van der Waals surface area contributed by atoms with Crippen LogP contribution in [0.4, 0.5) is 0 Å². The molecule has 41 heavy (non-hydrogen) atoms. The minimum atomic E-state index is -1.63. The van der Waals surface area contributed by atoms with Crippen LogP contribution in [0.5, 0.6) is 28.7 Å². The van der Waals surface area contributed by atoms with Crippen molar-refractivity contribution in [3.63, 3.8) is 0 Å². The van der Waals surface area contributed by atoms with Gasteiger partial charge in [0.2, 0.25) is 12.5 Å². The number of fused-ring (bicyclic) bond motifs is 3. The minimum absolute atomic E-state index is 0.0141. The summed E-state index contributed by atoms with van der Waals surface area (Å²) in [6.07, 6.45) is -8.26. The minimum Gasteiger partial charge on any atom is -0.493 e. The molecule has 222 valence electrons. The van der Waals surface area contributed by atoms with Gasteiger partial charge in [-0.15, -0.1) is 0 Å². The van der Waals surface area contributed by atoms with E-state index in [1.165, 1.54) is 21.3 Å². The van der Waals surface area contributed by atoms with E-state index < -0.39 is 67.1 Å². The average molecular weight is 577 g/mol. The molecule has 0 amide bonds. The van der Waals surface area contributed by atoms with Gasteiger partial charge < -0.3 is 58.3 Å². The highest BCUT2D eigenvalue weighted by Gasteiger charge is 2.55. The zero-order valence-corrected chi connectivity index (χ0v) is 22.6. The second kappa shape index (κ2) is 10.8. The largest absolute Gasteiger partial charge is 0.493 e. The number of benzene rings is 2. The molecule has 0 unspecified atom stereocenters. The molecule has 2 saturated heterocycles. The van der Waals surface area contributed by atoms with Crippen molar-refractivity contribution in [2.45, 2.75) is 42.7 Å². The number of cyclic esters (lactones) is 1. The summed E-state index contributed by atoms with van der Waals surface area (Å²) >= 11 is 0. The SMILES string of the molecule is COc1cc([C@@H]2c3cc4c(cc3[C@@H](O[C@@H]3O[C@H](CO)[C@@H](O)[C@H](O)[C@H]3O)[C@H]3COC(=O)[C@H]23)OCO4)cc(OC)c1OC. The van der Waals surface area contributed by atoms with Crippen LogP contribution in [0.2, 0.25) is 0 Å². The van der Waals surface area contributed by atoms with E-state index in [1.54, 1.807) is 24.3 Å². The Hall–Kier alpha value is -3.33. The molecular formula is C28H32O13. The summed E-state index contributed by atoms with van der Waals surface area (Å²) in [7, 11) is 4.51. The number of aliphatic hydroxyl groups is 4. The first-order chi connectivity index (χ1) is 19.8. The standard InChI is InChI=1S/C28H32O13/c1-34-17-4-11(5-18(35-2)26(17)36-3)20-12-6-15-16(39-10-38-15)7-13(12)25(14-9-37-27(33)21(14)20)41-28-24(32)23(31)22(30)19(8-29)40-28/h4-7,14,19-25,28-32H,8-10H2,1-3H3/t14-,19+,20+,21-,22+,23-,24+,25+,28-/m0/s1. The van der Waals surface area contributed by atoms with E-state index in [0.717, 1.165) is 0 Å². The van der Waals surface area contributed by atoms with Crippen LogP contribution in [0, 0.1) is 11.8 Å². The molecule has 0 saturated carbocycles. The second-order valence-corrected chi connectivity index (χ2v) is 10.3. The van der Waals surface area contributed by atoms with Gasteiger partial charge in [-0.3, -0.25) is 4.79 Å². The number of hydrogen-bond acceptors (Lipinski definition) is 13. The summed E-state index contributed by atoms with van der Waals surface area (Å²) in [5.41, 5.74) is 2.00. The highest BCUT2D eigenvalue weighted by atomic mass is 16.7. The normalized spacial score (nSPS) is 33.5. The number of aliphatic hydroxyl groups excluding tert-OH is 4. The van der Waals surface area contributed by atoms with Crippen LogP contribution < -0.4 is 23.7 Å². The molecule has 2 aromatic rings. The van der Waals surface area contributed by atoms with Crippen LogP contribution in [-0.2, 0) is 19.0 Å². The number of carbonyl (C=O) groups is 1. The van der Waals surface area contributed by atoms with Gasteiger partial charge in [0, 0.05) is 11.8 Å². The van der Waals surface area contributed by atoms with Crippen molar-refractivity contribution in [3.05, 3.63) is 41.0 Å². The van der Waals surface area contributed by atoms with Crippen molar-refractivity contribution < 1.29 is 63.1 Å². The lowest BCUT2D eigenvalue weighted by Gasteiger charge is -2.44. The molecular weight excluding hydrogens is 544 g/mol. The first-order valence-corrected chi connectivity index (χ1v) is 13.2. The number of rotatable bonds is 7. The molecule has 3 heterocycles. The maximum absolute atomic E-state index is 13.4. The van der Waals surface area contributed by atoms with Gasteiger partial charge in [-0.05, 0) is 41.0 Å². The van der Waals surface area contributed by atoms with E-state index in [0.29, 0.717) is 45.4 Å². The molecule has 13 heteroatoms. The van der Waals surface area contributed by atoms with Crippen LogP contribution in [0.15, 0.2) is 24.3 Å². The summed E-state index contributed by atoms with van der Waals surface area (Å²) in [5.74, 6) is -0.112. The van der Waals surface area contributed by atoms with Crippen molar-refractivity contribution in [1.82, 2.24) is 0 Å². The molecule has 0 radical (unpaired) electrons. The highest BCUT2D eigenvalue weighted by Crippen LogP contribution is 2.57. The third kappa shape index (κ3) is 4.44. The van der Waals surface area contributed by atoms with Gasteiger partial charge in [0.15, 0.2) is 29.3 Å². The molecule has 0 bridgehead atoms. The fourth-order valence-electron chi connectivity index (χ4n) is 6.29. The third-order valence-corrected chi connectivity index (χ3v) is 8.29. The van der Waals surface area contributed by atoms with Crippen LogP contribution in [0.25, 0.3) is 0 Å². The molecule has 6 rings (SSSR count). The zero-order valence-electron chi connectivity index (χ0n) is 22.6. The van der Waals surface area contributed by atoms with Crippen molar-refractivity contribution in [1.29, 1.82) is 0 Å². The van der Waals surface area contributed by atoms with E-state index in [2.05, 4.69) is 0 Å². The van der Waals surface area contributed by atoms with Crippen molar-refractivity contribution in [3.8, 4) is 28.7 Å². The van der Waals surface area contributed by atoms with Gasteiger partial charge in [-0.2, -0.15) is 0 Å². The Balaban J connectivity index is 1.49. The van der Waals surface area contributed by atoms with Crippen molar-refractivity contribution >= 4 is 5.97 Å². The average Bonchev–Trinajstić information content (AvgIpc) is 3.61. The zero-order chi connectivity index (χ0) is 29.0. The number of carbonyl (C=O) groups excluding carboxylic acids is 1. The Kier molecular flexibility index (Phi) is 7.34. The Labute approximate surface area is 235 Å². The van der Waals surface area contributed by atoms with Gasteiger partial charge >= 0.3 is 5.97 Å². The smallest absolute Gasteiger partial charge is 0.310 e. The molecule has 13 nitrogen and oxygen atoms in total. The van der Waals surface area contributed by atoms with E-state index in [9.17, 15) is 25.2 Å². The van der Waals surface area contributed by atoms with E-state index >= 15 is 0 Å². The summed E-state index contributed by atoms with van der Waals surface area (Å²) in [4.78, 5) is 13.4. The molecule has 4 N–H and O–H groups in total. The number of esters is 1. The lowest BCUT2D eigenvalue weighted by molar-refractivity contribution is -0.317. The quantitative estimate of drug-likeness (QED) is 0.331. The molecule has 3 aliphatic heterocycles. The predicted molar refractivity (Wildman–Crippen MR) is 136 cm³/mol. The van der Waals surface area contributed by atoms with Gasteiger partial charge in [-0.25, -0.2) is 0 Å². The Morgan fingerprint density at radius 1 is 0.854 bits per heavy atom. The van der Waals surface area contributed by atoms with Gasteiger partial charge in [0.1, 0.15) is 24.4 Å². The van der Waals surface area contributed by atoms with Gasteiger partial charge in [0.25, 0.3) is 0 Å². The van der Waals surface area contributed by atoms with Crippen LogP contribution in [0.3, 0.4) is 0 Å². The molecule has 2 aromatic carbocycles. The summed E-state index contributed by atoms with van der Waals surface area (Å²) in [6, 6.07) is 7.11. The molecule has 2 fully saturated rings. The Bertz CT molecular complexity index is 1290. The van der Waals surface area contributed by atoms with Gasteiger partial charge in [0.05, 0.1) is 46.6 Å². The van der Waals surface area contributed by atoms with Crippen LogP contribution in [-0.4, -0.2) is 98.4 Å². The highest BCUT2D eigenvalue weighted by molar-refractivity contribution is 5.79. The molecule has 1 aliphatic carbocycles. The first kappa shape index (κ1) is 27.8. The molecule has 0 aromatic heterocycles. The second-order valence-electron chi connectivity index (χ2n) is 10.3. The first-order valence-electron chi connectivity index (χ1n) is 13.2. The monoisotopic (exact) mass is 576 g/mol. The van der Waals surface area contributed by atoms with Crippen LogP contribution in [0.1, 0.15) is 28.7 Å². The van der Waals surface area contributed by atoms with Crippen LogP contribution >= 0.6 is 0 Å². The van der Waals surface area contributed by atoms with Crippen molar-refractivity contribution in [2.24, 2.45) is 11.8 Å². The maximum Gasteiger partial charge on any atom is 0.310 e. The third-order valence-electron chi connectivity index (χ3n) is 8.29. The van der Waals surface area contributed by atoms with E-state index in [-0.39, 0.29) is 13.4 Å². The number of methoxy groups -OCH3 is 3. The van der Waals surface area contributed by atoms with Crippen molar-refractivity contribution in [2.75, 3.05) is 41.3 Å². The molecule has 9 atom stereocenters. The van der Waals surface area contributed by atoms with E-state index in [4.69, 9.17) is 37.9 Å². The number of ether oxygens (including phenoxy) is 8. The molecule has 0 spiro atoms. The Morgan fingerprint density at radius 2 is 1.51 bits per heavy atom. The Morgan fingerprint density at radius 3 is 2.12 bits per heavy atom. The summed E-state index contributed by atoms with van der Waals surface area (Å²) < 4.78 is 45.5. The van der Waals surface area contributed by atoms with Gasteiger partial charge in [-0.1, -0.05) is 0 Å². The summed E-state index contributed by atoms with van der Waals surface area (Å²) in [6.45, 7) is -0.581. The fraction of sp³-hybridized carbons (Fsp3) is 0.536.